The number of halogens is 1. The maximum atomic E-state index is 12.2. The molecule has 2 rings (SSSR count). The van der Waals surface area contributed by atoms with Gasteiger partial charge < -0.3 is 15.8 Å². The van der Waals surface area contributed by atoms with E-state index in [2.05, 4.69) is 21.2 Å². The second-order valence-electron chi connectivity index (χ2n) is 4.94. The summed E-state index contributed by atoms with van der Waals surface area (Å²) in [5.74, 6) is -0.115. The first-order chi connectivity index (χ1) is 8.48. The van der Waals surface area contributed by atoms with Crippen LogP contribution in [0, 0.1) is 0 Å². The third kappa shape index (κ3) is 3.23. The van der Waals surface area contributed by atoms with Crippen molar-refractivity contribution in [1.29, 1.82) is 0 Å². The molecule has 1 amide bonds. The third-order valence-electron chi connectivity index (χ3n) is 3.04. The van der Waals surface area contributed by atoms with E-state index < -0.39 is 0 Å². The van der Waals surface area contributed by atoms with Gasteiger partial charge in [0, 0.05) is 22.3 Å². The van der Waals surface area contributed by atoms with E-state index in [0.717, 1.165) is 23.9 Å². The van der Waals surface area contributed by atoms with E-state index in [4.69, 9.17) is 10.5 Å². The van der Waals surface area contributed by atoms with Crippen molar-refractivity contribution in [3.8, 4) is 0 Å². The van der Waals surface area contributed by atoms with Gasteiger partial charge in [-0.15, -0.1) is 0 Å². The van der Waals surface area contributed by atoms with Crippen LogP contribution >= 0.6 is 15.9 Å². The predicted octanol–water partition coefficient (Wildman–Crippen LogP) is 2.33. The lowest BCUT2D eigenvalue weighted by Crippen LogP contribution is -2.51. The second kappa shape index (κ2) is 5.28. The summed E-state index contributed by atoms with van der Waals surface area (Å²) in [4.78, 5) is 12.2. The first kappa shape index (κ1) is 13.4. The van der Waals surface area contributed by atoms with E-state index in [9.17, 15) is 4.79 Å². The number of carbonyl (C=O) groups is 1. The Labute approximate surface area is 115 Å². The molecule has 4 nitrogen and oxygen atoms in total. The van der Waals surface area contributed by atoms with E-state index in [1.165, 1.54) is 0 Å². The van der Waals surface area contributed by atoms with Gasteiger partial charge in [-0.3, -0.25) is 4.79 Å². The number of carbonyl (C=O) groups excluding carboxylic acids is 1. The summed E-state index contributed by atoms with van der Waals surface area (Å²) < 4.78 is 6.22. The lowest BCUT2D eigenvalue weighted by Gasteiger charge is -2.34. The van der Waals surface area contributed by atoms with Crippen LogP contribution in [0.1, 0.15) is 30.1 Å². The van der Waals surface area contributed by atoms with Crippen molar-refractivity contribution in [1.82, 2.24) is 5.32 Å². The molecule has 3 N–H and O–H groups in total. The summed E-state index contributed by atoms with van der Waals surface area (Å²) in [6, 6.07) is 5.20. The van der Waals surface area contributed by atoms with Crippen LogP contribution < -0.4 is 11.1 Å². The summed E-state index contributed by atoms with van der Waals surface area (Å²) in [5, 5.41) is 3.03. The fourth-order valence-corrected chi connectivity index (χ4v) is 2.63. The molecular weight excluding hydrogens is 296 g/mol. The average molecular weight is 313 g/mol. The van der Waals surface area contributed by atoms with Gasteiger partial charge >= 0.3 is 0 Å². The largest absolute Gasteiger partial charge is 0.399 e. The number of ether oxygens (including phenoxy) is 1. The van der Waals surface area contributed by atoms with Crippen molar-refractivity contribution >= 4 is 27.5 Å². The van der Waals surface area contributed by atoms with Crippen molar-refractivity contribution in [3.05, 3.63) is 28.2 Å². The fraction of sp³-hybridized carbons (Fsp3) is 0.462. The van der Waals surface area contributed by atoms with Gasteiger partial charge in [0.05, 0.1) is 12.1 Å². The van der Waals surface area contributed by atoms with Gasteiger partial charge in [-0.25, -0.2) is 0 Å². The maximum absolute atomic E-state index is 12.2. The zero-order valence-electron chi connectivity index (χ0n) is 10.3. The quantitative estimate of drug-likeness (QED) is 0.824. The molecule has 1 heterocycles. The molecule has 0 saturated carbocycles. The number of nitrogens with two attached hydrogens (primary N) is 1. The van der Waals surface area contributed by atoms with Crippen LogP contribution in [0.5, 0.6) is 0 Å². The average Bonchev–Trinajstić information content (AvgIpc) is 2.28. The second-order valence-corrected chi connectivity index (χ2v) is 5.86. The number of rotatable bonds is 2. The number of benzene rings is 1. The summed E-state index contributed by atoms with van der Waals surface area (Å²) >= 11 is 3.34. The predicted molar refractivity (Wildman–Crippen MR) is 74.5 cm³/mol. The molecule has 1 unspecified atom stereocenters. The minimum atomic E-state index is -0.285. The van der Waals surface area contributed by atoms with Crippen LogP contribution in [0.4, 0.5) is 5.69 Å². The van der Waals surface area contributed by atoms with Crippen molar-refractivity contribution in [2.75, 3.05) is 18.9 Å². The molecule has 1 aliphatic rings. The first-order valence-corrected chi connectivity index (χ1v) is 6.74. The highest BCUT2D eigenvalue weighted by atomic mass is 79.9. The molecule has 1 atom stereocenters. The van der Waals surface area contributed by atoms with Crippen LogP contribution in [0.15, 0.2) is 22.7 Å². The summed E-state index contributed by atoms with van der Waals surface area (Å²) in [6.07, 6.45) is 1.90. The molecule has 1 fully saturated rings. The molecule has 98 valence electrons. The Hall–Kier alpha value is -1.07. The Kier molecular flexibility index (Phi) is 3.92. The Morgan fingerprint density at radius 3 is 2.89 bits per heavy atom. The number of hydrogen-bond acceptors (Lipinski definition) is 3. The Bertz CT molecular complexity index is 436. The van der Waals surface area contributed by atoms with Crippen molar-refractivity contribution in [2.45, 2.75) is 25.3 Å². The summed E-state index contributed by atoms with van der Waals surface area (Å²) in [5.41, 5.74) is 6.58. The van der Waals surface area contributed by atoms with E-state index in [-0.39, 0.29) is 11.4 Å². The van der Waals surface area contributed by atoms with Crippen LogP contribution in [0.3, 0.4) is 0 Å². The minimum absolute atomic E-state index is 0.115. The van der Waals surface area contributed by atoms with Crippen LogP contribution in [0.25, 0.3) is 0 Å². The smallest absolute Gasteiger partial charge is 0.251 e. The molecule has 5 heteroatoms. The van der Waals surface area contributed by atoms with Crippen molar-refractivity contribution in [3.63, 3.8) is 0 Å². The molecule has 0 bridgehead atoms. The first-order valence-electron chi connectivity index (χ1n) is 5.95. The van der Waals surface area contributed by atoms with Crippen molar-refractivity contribution in [2.24, 2.45) is 0 Å². The maximum Gasteiger partial charge on any atom is 0.251 e. The standard InChI is InChI=1S/C13H17BrN2O2/c1-13(3-2-4-18-8-13)16-12(17)9-5-10(14)7-11(15)6-9/h5-7H,2-4,8,15H2,1H3,(H,16,17). The van der Waals surface area contributed by atoms with Crippen molar-refractivity contribution < 1.29 is 9.53 Å². The Morgan fingerprint density at radius 1 is 1.50 bits per heavy atom. The highest BCUT2D eigenvalue weighted by Gasteiger charge is 2.29. The van der Waals surface area contributed by atoms with Gasteiger partial charge in [0.1, 0.15) is 0 Å². The molecule has 1 aromatic carbocycles. The fourth-order valence-electron chi connectivity index (χ4n) is 2.12. The number of anilines is 1. The zero-order valence-corrected chi connectivity index (χ0v) is 11.9. The number of hydrogen-bond donors (Lipinski definition) is 2. The van der Waals surface area contributed by atoms with Gasteiger partial charge in [0.15, 0.2) is 0 Å². The molecule has 1 aromatic rings. The van der Waals surface area contributed by atoms with E-state index in [1.807, 2.05) is 6.92 Å². The molecule has 1 aliphatic heterocycles. The van der Waals surface area contributed by atoms with Gasteiger partial charge in [-0.2, -0.15) is 0 Å². The van der Waals surface area contributed by atoms with Gasteiger partial charge in [0.2, 0.25) is 0 Å². The highest BCUT2D eigenvalue weighted by molar-refractivity contribution is 9.10. The Balaban J connectivity index is 2.11. The van der Waals surface area contributed by atoms with Gasteiger partial charge in [0.25, 0.3) is 5.91 Å². The molecule has 1 saturated heterocycles. The van der Waals surface area contributed by atoms with E-state index in [1.54, 1.807) is 18.2 Å². The minimum Gasteiger partial charge on any atom is -0.399 e. The molecule has 0 aliphatic carbocycles. The third-order valence-corrected chi connectivity index (χ3v) is 3.49. The van der Waals surface area contributed by atoms with Gasteiger partial charge in [-0.1, -0.05) is 15.9 Å². The summed E-state index contributed by atoms with van der Waals surface area (Å²) in [6.45, 7) is 3.34. The molecule has 0 radical (unpaired) electrons. The molecule has 0 aromatic heterocycles. The van der Waals surface area contributed by atoms with E-state index >= 15 is 0 Å². The number of nitrogen functional groups attached to an aromatic ring is 1. The van der Waals surface area contributed by atoms with Gasteiger partial charge in [-0.05, 0) is 38.0 Å². The summed E-state index contributed by atoms with van der Waals surface area (Å²) in [7, 11) is 0. The normalized spacial score (nSPS) is 23.7. The molecule has 18 heavy (non-hydrogen) atoms. The zero-order chi connectivity index (χ0) is 13.2. The highest BCUT2D eigenvalue weighted by Crippen LogP contribution is 2.21. The van der Waals surface area contributed by atoms with Crippen LogP contribution in [-0.2, 0) is 4.74 Å². The SMILES string of the molecule is CC1(NC(=O)c2cc(N)cc(Br)c2)CCCOC1. The van der Waals surface area contributed by atoms with Crippen LogP contribution in [-0.4, -0.2) is 24.7 Å². The molecular formula is C13H17BrN2O2. The monoisotopic (exact) mass is 312 g/mol. The topological polar surface area (TPSA) is 64.4 Å². The van der Waals surface area contributed by atoms with Crippen LogP contribution in [0.2, 0.25) is 0 Å². The lowest BCUT2D eigenvalue weighted by atomic mass is 9.94. The van der Waals surface area contributed by atoms with E-state index in [0.29, 0.717) is 17.9 Å². The number of nitrogens with one attached hydrogen (secondary N) is 1. The molecule has 0 spiro atoms. The Morgan fingerprint density at radius 2 is 2.28 bits per heavy atom. The lowest BCUT2D eigenvalue weighted by molar-refractivity contribution is 0.0272. The number of amides is 1.